The van der Waals surface area contributed by atoms with Gasteiger partial charge in [-0.3, -0.25) is 4.79 Å². The lowest BCUT2D eigenvalue weighted by Gasteiger charge is -2.20. The number of aliphatic hydroxyl groups is 1. The molecule has 1 unspecified atom stereocenters. The summed E-state index contributed by atoms with van der Waals surface area (Å²) in [6, 6.07) is 7.36. The monoisotopic (exact) mass is 327 g/mol. The van der Waals surface area contributed by atoms with Crippen molar-refractivity contribution in [2.45, 2.75) is 33.3 Å². The Balaban J connectivity index is 1.86. The molecule has 0 fully saturated rings. The van der Waals surface area contributed by atoms with Crippen molar-refractivity contribution in [2.75, 3.05) is 6.54 Å². The molecular weight excluding hydrogens is 306 g/mol. The average molecular weight is 327 g/mol. The van der Waals surface area contributed by atoms with Gasteiger partial charge in [-0.05, 0) is 51.0 Å². The maximum Gasteiger partial charge on any atom is 0.287 e. The number of carbonyl (C=O) groups is 1. The van der Waals surface area contributed by atoms with Crippen molar-refractivity contribution in [1.29, 1.82) is 0 Å². The molecule has 5 heteroatoms. The topological polar surface area (TPSA) is 75.6 Å². The largest absolute Gasteiger partial charge is 0.466 e. The molecule has 0 aliphatic heterocycles. The van der Waals surface area contributed by atoms with Gasteiger partial charge in [0, 0.05) is 10.9 Å². The Morgan fingerprint density at radius 3 is 2.54 bits per heavy atom. The van der Waals surface area contributed by atoms with Crippen molar-refractivity contribution in [1.82, 2.24) is 5.32 Å². The Morgan fingerprint density at radius 1 is 1.21 bits per heavy atom. The number of hydrogen-bond acceptors (Lipinski definition) is 4. The molecule has 0 spiro atoms. The molecule has 0 saturated carbocycles. The molecule has 1 atom stereocenters. The Labute approximate surface area is 140 Å². The second-order valence-electron chi connectivity index (χ2n) is 6.39. The number of furan rings is 2. The van der Waals surface area contributed by atoms with E-state index >= 15 is 0 Å². The van der Waals surface area contributed by atoms with E-state index in [9.17, 15) is 9.90 Å². The molecule has 2 heterocycles. The van der Waals surface area contributed by atoms with Crippen LogP contribution in [-0.4, -0.2) is 17.6 Å². The first-order valence-corrected chi connectivity index (χ1v) is 7.85. The standard InChI is InChI=1S/C19H21NO4/c1-11-7-8-12(2)16-15(11)13(3)17(24-16)18(21)20-10-19(4,22)14-6-5-9-23-14/h5-9,22H,10H2,1-4H3,(H,20,21). The summed E-state index contributed by atoms with van der Waals surface area (Å²) in [4.78, 5) is 12.5. The zero-order valence-electron chi connectivity index (χ0n) is 14.3. The minimum Gasteiger partial charge on any atom is -0.466 e. The third-order valence-electron chi connectivity index (χ3n) is 4.33. The van der Waals surface area contributed by atoms with E-state index in [2.05, 4.69) is 5.32 Å². The molecule has 3 aromatic rings. The van der Waals surface area contributed by atoms with Crippen LogP contribution in [-0.2, 0) is 5.60 Å². The number of amides is 1. The van der Waals surface area contributed by atoms with Crippen LogP contribution < -0.4 is 5.32 Å². The zero-order chi connectivity index (χ0) is 17.5. The van der Waals surface area contributed by atoms with E-state index in [0.717, 1.165) is 27.7 Å². The van der Waals surface area contributed by atoms with Crippen molar-refractivity contribution >= 4 is 16.9 Å². The van der Waals surface area contributed by atoms with Gasteiger partial charge in [0.15, 0.2) is 5.76 Å². The van der Waals surface area contributed by atoms with E-state index in [1.54, 1.807) is 19.1 Å². The lowest BCUT2D eigenvalue weighted by molar-refractivity contribution is 0.0326. The highest BCUT2D eigenvalue weighted by molar-refractivity contribution is 6.00. The molecule has 0 saturated heterocycles. The first-order chi connectivity index (χ1) is 11.3. The normalized spacial score (nSPS) is 13.9. The second kappa shape index (κ2) is 5.83. The Kier molecular flexibility index (Phi) is 3.97. The molecule has 3 rings (SSSR count). The first-order valence-electron chi connectivity index (χ1n) is 7.85. The van der Waals surface area contributed by atoms with E-state index in [4.69, 9.17) is 8.83 Å². The molecule has 2 aromatic heterocycles. The molecule has 24 heavy (non-hydrogen) atoms. The molecule has 5 nitrogen and oxygen atoms in total. The fourth-order valence-corrected chi connectivity index (χ4v) is 2.90. The van der Waals surface area contributed by atoms with Crippen molar-refractivity contribution in [3.63, 3.8) is 0 Å². The van der Waals surface area contributed by atoms with Gasteiger partial charge in [-0.15, -0.1) is 0 Å². The summed E-state index contributed by atoms with van der Waals surface area (Å²) in [5, 5.41) is 14.1. The molecule has 2 N–H and O–H groups in total. The van der Waals surface area contributed by atoms with Gasteiger partial charge in [-0.1, -0.05) is 12.1 Å². The molecular formula is C19H21NO4. The highest BCUT2D eigenvalue weighted by Gasteiger charge is 2.28. The maximum absolute atomic E-state index is 12.5. The molecule has 1 amide bonds. The van der Waals surface area contributed by atoms with Crippen molar-refractivity contribution in [3.05, 3.63) is 58.7 Å². The van der Waals surface area contributed by atoms with Crippen molar-refractivity contribution in [2.24, 2.45) is 0 Å². The third kappa shape index (κ3) is 2.71. The third-order valence-corrected chi connectivity index (χ3v) is 4.33. The Bertz CT molecular complexity index is 888. The minimum atomic E-state index is -1.29. The molecule has 0 aliphatic rings. The highest BCUT2D eigenvalue weighted by atomic mass is 16.4. The fraction of sp³-hybridized carbons (Fsp3) is 0.316. The van der Waals surface area contributed by atoms with Crippen LogP contribution in [0.1, 0.15) is 39.9 Å². The maximum atomic E-state index is 12.5. The van der Waals surface area contributed by atoms with Crippen LogP contribution in [0.2, 0.25) is 0 Å². The number of benzene rings is 1. The minimum absolute atomic E-state index is 0.0216. The molecule has 1 aromatic carbocycles. The average Bonchev–Trinajstić information content (AvgIpc) is 3.18. The van der Waals surface area contributed by atoms with Crippen LogP contribution in [0.15, 0.2) is 39.4 Å². The van der Waals surface area contributed by atoms with Gasteiger partial charge in [0.1, 0.15) is 16.9 Å². The summed E-state index contributed by atoms with van der Waals surface area (Å²) in [5.41, 5.74) is 2.31. The molecule has 0 bridgehead atoms. The van der Waals surface area contributed by atoms with Crippen molar-refractivity contribution < 1.29 is 18.7 Å². The van der Waals surface area contributed by atoms with Gasteiger partial charge in [-0.25, -0.2) is 0 Å². The second-order valence-corrected chi connectivity index (χ2v) is 6.39. The first kappa shape index (κ1) is 16.3. The summed E-state index contributed by atoms with van der Waals surface area (Å²) in [5.74, 6) is 0.322. The van der Waals surface area contributed by atoms with E-state index in [1.807, 2.05) is 32.9 Å². The lowest BCUT2D eigenvalue weighted by atomic mass is 10.0. The Morgan fingerprint density at radius 2 is 1.92 bits per heavy atom. The van der Waals surface area contributed by atoms with Gasteiger partial charge in [0.05, 0.1) is 12.8 Å². The summed E-state index contributed by atoms with van der Waals surface area (Å²) in [6.45, 7) is 7.43. The van der Waals surface area contributed by atoms with Gasteiger partial charge in [0.25, 0.3) is 5.91 Å². The summed E-state index contributed by atoms with van der Waals surface area (Å²) in [6.07, 6.45) is 1.49. The van der Waals surface area contributed by atoms with Crippen LogP contribution in [0.3, 0.4) is 0 Å². The SMILES string of the molecule is Cc1ccc(C)c2c(C)c(C(=O)NCC(C)(O)c3ccco3)oc12. The van der Waals surface area contributed by atoms with Gasteiger partial charge in [-0.2, -0.15) is 0 Å². The molecule has 0 aliphatic carbocycles. The molecule has 126 valence electrons. The van der Waals surface area contributed by atoms with E-state index in [0.29, 0.717) is 5.76 Å². The number of rotatable bonds is 4. The summed E-state index contributed by atoms with van der Waals surface area (Å²) >= 11 is 0. The van der Waals surface area contributed by atoms with E-state index in [1.165, 1.54) is 6.26 Å². The number of fused-ring (bicyclic) bond motifs is 1. The van der Waals surface area contributed by atoms with Crippen LogP contribution in [0.5, 0.6) is 0 Å². The van der Waals surface area contributed by atoms with Crippen LogP contribution in [0.4, 0.5) is 0 Å². The fourth-order valence-electron chi connectivity index (χ4n) is 2.90. The number of aryl methyl sites for hydroxylation is 3. The van der Waals surface area contributed by atoms with E-state index in [-0.39, 0.29) is 18.2 Å². The van der Waals surface area contributed by atoms with Crippen LogP contribution in [0, 0.1) is 20.8 Å². The quantitative estimate of drug-likeness (QED) is 0.768. The lowest BCUT2D eigenvalue weighted by Crippen LogP contribution is -2.38. The van der Waals surface area contributed by atoms with Crippen molar-refractivity contribution in [3.8, 4) is 0 Å². The predicted octanol–water partition coefficient (Wildman–Crippen LogP) is 3.59. The number of nitrogens with one attached hydrogen (secondary N) is 1. The Hall–Kier alpha value is -2.53. The van der Waals surface area contributed by atoms with Gasteiger partial charge >= 0.3 is 0 Å². The molecule has 0 radical (unpaired) electrons. The highest BCUT2D eigenvalue weighted by Crippen LogP contribution is 2.30. The smallest absolute Gasteiger partial charge is 0.287 e. The van der Waals surface area contributed by atoms with E-state index < -0.39 is 5.60 Å². The van der Waals surface area contributed by atoms with Crippen LogP contribution >= 0.6 is 0 Å². The van der Waals surface area contributed by atoms with Gasteiger partial charge < -0.3 is 19.3 Å². The number of hydrogen-bond donors (Lipinski definition) is 2. The summed E-state index contributed by atoms with van der Waals surface area (Å²) < 4.78 is 11.0. The van der Waals surface area contributed by atoms with Gasteiger partial charge in [0.2, 0.25) is 0 Å². The summed E-state index contributed by atoms with van der Waals surface area (Å²) in [7, 11) is 0. The predicted molar refractivity (Wildman–Crippen MR) is 91.0 cm³/mol. The zero-order valence-corrected chi connectivity index (χ0v) is 14.3. The van der Waals surface area contributed by atoms with Crippen LogP contribution in [0.25, 0.3) is 11.0 Å². The number of carbonyl (C=O) groups excluding carboxylic acids is 1.